The van der Waals surface area contributed by atoms with Gasteiger partial charge in [-0.15, -0.1) is 0 Å². The van der Waals surface area contributed by atoms with Gasteiger partial charge in [-0.05, 0) is 42.7 Å². The van der Waals surface area contributed by atoms with Crippen LogP contribution in [0.15, 0.2) is 72.8 Å². The normalized spacial score (nSPS) is 18.7. The molecule has 0 fully saturated rings. The van der Waals surface area contributed by atoms with E-state index in [2.05, 4.69) is 12.1 Å². The van der Waals surface area contributed by atoms with Gasteiger partial charge in [0.25, 0.3) is 5.91 Å². The van der Waals surface area contributed by atoms with Crippen molar-refractivity contribution in [1.82, 2.24) is 0 Å². The zero-order chi connectivity index (χ0) is 22.1. The average Bonchev–Trinajstić information content (AvgIpc) is 3.37. The topological polar surface area (TPSA) is 76.1 Å². The number of carbonyl (C=O) groups excluding carboxylic acids is 2. The molecule has 5 rings (SSSR count). The van der Waals surface area contributed by atoms with Crippen LogP contribution >= 0.6 is 0 Å². The van der Waals surface area contributed by atoms with E-state index in [9.17, 15) is 14.7 Å². The van der Waals surface area contributed by atoms with Gasteiger partial charge in [-0.2, -0.15) is 0 Å². The Hall–Kier alpha value is -3.64. The Balaban J connectivity index is 1.36. The number of aryl methyl sites for hydroxylation is 1. The molecule has 0 aliphatic carbocycles. The van der Waals surface area contributed by atoms with Crippen LogP contribution in [0, 0.1) is 0 Å². The van der Waals surface area contributed by atoms with Crippen LogP contribution in [0.5, 0.6) is 11.5 Å². The highest BCUT2D eigenvalue weighted by molar-refractivity contribution is 6.10. The molecule has 2 heterocycles. The lowest BCUT2D eigenvalue weighted by Gasteiger charge is -2.23. The van der Waals surface area contributed by atoms with E-state index in [1.807, 2.05) is 30.3 Å². The van der Waals surface area contributed by atoms with E-state index in [1.54, 1.807) is 35.2 Å². The molecular formula is C26H23NO5. The second-order valence-electron chi connectivity index (χ2n) is 8.09. The molecular weight excluding hydrogens is 406 g/mol. The molecule has 32 heavy (non-hydrogen) atoms. The first-order valence-corrected chi connectivity index (χ1v) is 10.7. The van der Waals surface area contributed by atoms with Gasteiger partial charge in [0.15, 0.2) is 22.9 Å². The van der Waals surface area contributed by atoms with E-state index in [0.717, 1.165) is 12.8 Å². The van der Waals surface area contributed by atoms with Gasteiger partial charge in [-0.1, -0.05) is 48.5 Å². The Morgan fingerprint density at radius 2 is 1.72 bits per heavy atom. The fraction of sp³-hybridized carbons (Fsp3) is 0.231. The number of benzene rings is 3. The average molecular weight is 429 g/mol. The SMILES string of the molecule is O=C(CC1(O)C(=O)N(CCCc2ccccc2)c2ccccc21)c1ccc2c(c1)OCO2. The standard InChI is InChI=1S/C26H23NO5/c28-22(19-12-13-23-24(15-19)32-17-31-23)16-26(30)20-10-4-5-11-21(20)27(25(26)29)14-6-9-18-7-2-1-3-8-18/h1-5,7-8,10-13,15,30H,6,9,14,16-17H2. The maximum absolute atomic E-state index is 13.4. The van der Waals surface area contributed by atoms with E-state index < -0.39 is 11.5 Å². The number of Topliss-reactive ketones (excluding diaryl/α,β-unsaturated/α-hetero) is 1. The summed E-state index contributed by atoms with van der Waals surface area (Å²) in [5.74, 6) is 0.275. The van der Waals surface area contributed by atoms with E-state index >= 15 is 0 Å². The first-order chi connectivity index (χ1) is 15.6. The molecule has 0 bridgehead atoms. The molecule has 3 aromatic carbocycles. The molecule has 3 aromatic rings. The Labute approximate surface area is 186 Å². The van der Waals surface area contributed by atoms with Crippen molar-refractivity contribution in [2.24, 2.45) is 0 Å². The molecule has 6 heteroatoms. The second-order valence-corrected chi connectivity index (χ2v) is 8.09. The number of ether oxygens (including phenoxy) is 2. The van der Waals surface area contributed by atoms with Crippen molar-refractivity contribution in [2.75, 3.05) is 18.2 Å². The molecule has 1 N–H and O–H groups in total. The molecule has 0 spiro atoms. The number of nitrogens with zero attached hydrogens (tertiary/aromatic N) is 1. The Morgan fingerprint density at radius 3 is 2.56 bits per heavy atom. The number of anilines is 1. The molecule has 0 saturated heterocycles. The summed E-state index contributed by atoms with van der Waals surface area (Å²) in [7, 11) is 0. The van der Waals surface area contributed by atoms with E-state index in [0.29, 0.717) is 34.9 Å². The van der Waals surface area contributed by atoms with Crippen LogP contribution in [0.2, 0.25) is 0 Å². The lowest BCUT2D eigenvalue weighted by atomic mass is 9.88. The number of ketones is 1. The van der Waals surface area contributed by atoms with Crippen molar-refractivity contribution in [3.63, 3.8) is 0 Å². The van der Waals surface area contributed by atoms with Gasteiger partial charge in [0.1, 0.15) is 0 Å². The molecule has 0 saturated carbocycles. The van der Waals surface area contributed by atoms with Crippen LogP contribution in [0.25, 0.3) is 0 Å². The smallest absolute Gasteiger partial charge is 0.264 e. The number of para-hydroxylation sites is 1. The summed E-state index contributed by atoms with van der Waals surface area (Å²) in [5, 5.41) is 11.5. The predicted octanol–water partition coefficient (Wildman–Crippen LogP) is 3.86. The Kier molecular flexibility index (Phi) is 5.15. The maximum Gasteiger partial charge on any atom is 0.264 e. The highest BCUT2D eigenvalue weighted by atomic mass is 16.7. The summed E-state index contributed by atoms with van der Waals surface area (Å²) in [6, 6.07) is 22.1. The van der Waals surface area contributed by atoms with Crippen molar-refractivity contribution in [2.45, 2.75) is 24.9 Å². The lowest BCUT2D eigenvalue weighted by Crippen LogP contribution is -2.42. The van der Waals surface area contributed by atoms with E-state index in [4.69, 9.17) is 9.47 Å². The largest absolute Gasteiger partial charge is 0.454 e. The van der Waals surface area contributed by atoms with E-state index in [1.165, 1.54) is 5.56 Å². The Bertz CT molecular complexity index is 1180. The highest BCUT2D eigenvalue weighted by Gasteiger charge is 2.50. The molecule has 1 atom stereocenters. The molecule has 162 valence electrons. The van der Waals surface area contributed by atoms with Crippen LogP contribution in [0.1, 0.15) is 34.3 Å². The number of aliphatic hydroxyl groups is 1. The summed E-state index contributed by atoms with van der Waals surface area (Å²) in [6.45, 7) is 0.575. The summed E-state index contributed by atoms with van der Waals surface area (Å²) in [5.41, 5.74) is 0.804. The number of fused-ring (bicyclic) bond motifs is 2. The fourth-order valence-electron chi connectivity index (χ4n) is 4.39. The van der Waals surface area contributed by atoms with Crippen LogP contribution in [-0.4, -0.2) is 30.1 Å². The van der Waals surface area contributed by atoms with Gasteiger partial charge in [0.05, 0.1) is 12.1 Å². The summed E-state index contributed by atoms with van der Waals surface area (Å²) < 4.78 is 10.6. The molecule has 1 unspecified atom stereocenters. The molecule has 2 aliphatic heterocycles. The Morgan fingerprint density at radius 1 is 0.969 bits per heavy atom. The van der Waals surface area contributed by atoms with Gasteiger partial charge >= 0.3 is 0 Å². The van der Waals surface area contributed by atoms with Gasteiger partial charge < -0.3 is 19.5 Å². The lowest BCUT2D eigenvalue weighted by molar-refractivity contribution is -0.135. The van der Waals surface area contributed by atoms with E-state index in [-0.39, 0.29) is 19.0 Å². The van der Waals surface area contributed by atoms with Crippen LogP contribution < -0.4 is 14.4 Å². The predicted molar refractivity (Wildman–Crippen MR) is 119 cm³/mol. The maximum atomic E-state index is 13.4. The minimum absolute atomic E-state index is 0.112. The summed E-state index contributed by atoms with van der Waals surface area (Å²) in [6.07, 6.45) is 1.23. The van der Waals surface area contributed by atoms with Crippen LogP contribution in [0.4, 0.5) is 5.69 Å². The molecule has 0 radical (unpaired) electrons. The van der Waals surface area contributed by atoms with Crippen molar-refractivity contribution >= 4 is 17.4 Å². The van der Waals surface area contributed by atoms with Crippen molar-refractivity contribution in [3.05, 3.63) is 89.5 Å². The number of hydrogen-bond acceptors (Lipinski definition) is 5. The van der Waals surface area contributed by atoms with Crippen molar-refractivity contribution in [3.8, 4) is 11.5 Å². The fourth-order valence-corrected chi connectivity index (χ4v) is 4.39. The zero-order valence-corrected chi connectivity index (χ0v) is 17.5. The molecule has 2 aliphatic rings. The molecule has 0 aromatic heterocycles. The first kappa shape index (κ1) is 20.3. The van der Waals surface area contributed by atoms with Gasteiger partial charge in [-0.3, -0.25) is 9.59 Å². The van der Waals surface area contributed by atoms with Gasteiger partial charge in [0, 0.05) is 17.7 Å². The van der Waals surface area contributed by atoms with Gasteiger partial charge in [-0.25, -0.2) is 0 Å². The second kappa shape index (κ2) is 8.13. The zero-order valence-electron chi connectivity index (χ0n) is 17.5. The number of amides is 1. The number of rotatable bonds is 7. The van der Waals surface area contributed by atoms with Crippen molar-refractivity contribution in [1.29, 1.82) is 0 Å². The van der Waals surface area contributed by atoms with Crippen molar-refractivity contribution < 1.29 is 24.2 Å². The van der Waals surface area contributed by atoms with Gasteiger partial charge in [0.2, 0.25) is 6.79 Å². The third-order valence-electron chi connectivity index (χ3n) is 6.04. The number of hydrogen-bond donors (Lipinski definition) is 1. The summed E-state index contributed by atoms with van der Waals surface area (Å²) >= 11 is 0. The third kappa shape index (κ3) is 3.52. The highest BCUT2D eigenvalue weighted by Crippen LogP contribution is 2.43. The monoisotopic (exact) mass is 429 g/mol. The third-order valence-corrected chi connectivity index (χ3v) is 6.04. The number of carbonyl (C=O) groups is 2. The molecule has 6 nitrogen and oxygen atoms in total. The minimum atomic E-state index is -1.89. The van der Waals surface area contributed by atoms with Crippen LogP contribution in [0.3, 0.4) is 0 Å². The summed E-state index contributed by atoms with van der Waals surface area (Å²) in [4.78, 5) is 28.0. The van der Waals surface area contributed by atoms with Crippen LogP contribution in [-0.2, 0) is 16.8 Å². The molecule has 1 amide bonds. The minimum Gasteiger partial charge on any atom is -0.454 e. The first-order valence-electron chi connectivity index (χ1n) is 10.7. The quantitative estimate of drug-likeness (QED) is 0.578.